The highest BCUT2D eigenvalue weighted by molar-refractivity contribution is 6.35. The van der Waals surface area contributed by atoms with Gasteiger partial charge in [-0.25, -0.2) is 4.39 Å². The Morgan fingerprint density at radius 3 is 2.61 bits per heavy atom. The SMILES string of the molecule is N#Cc1c(F)cccc1Nc1cc(Cl)ccc1Cl. The zero-order chi connectivity index (χ0) is 13.1. The second-order valence-corrected chi connectivity index (χ2v) is 4.37. The number of rotatable bonds is 2. The summed E-state index contributed by atoms with van der Waals surface area (Å²) in [6.07, 6.45) is 0. The van der Waals surface area contributed by atoms with E-state index < -0.39 is 5.82 Å². The summed E-state index contributed by atoms with van der Waals surface area (Å²) in [4.78, 5) is 0. The van der Waals surface area contributed by atoms with Crippen LogP contribution in [-0.2, 0) is 0 Å². The molecule has 0 heterocycles. The van der Waals surface area contributed by atoms with Crippen molar-refractivity contribution in [2.24, 2.45) is 0 Å². The maximum absolute atomic E-state index is 13.4. The minimum atomic E-state index is -0.583. The van der Waals surface area contributed by atoms with E-state index in [1.165, 1.54) is 12.1 Å². The predicted octanol–water partition coefficient (Wildman–Crippen LogP) is 4.75. The number of hydrogen-bond acceptors (Lipinski definition) is 2. The van der Waals surface area contributed by atoms with Crippen molar-refractivity contribution in [1.29, 1.82) is 5.26 Å². The Labute approximate surface area is 114 Å². The summed E-state index contributed by atoms with van der Waals surface area (Å²) in [5.74, 6) is -0.583. The van der Waals surface area contributed by atoms with Gasteiger partial charge < -0.3 is 5.32 Å². The molecule has 1 N–H and O–H groups in total. The molecule has 0 fully saturated rings. The topological polar surface area (TPSA) is 35.8 Å². The molecule has 2 nitrogen and oxygen atoms in total. The summed E-state index contributed by atoms with van der Waals surface area (Å²) in [6, 6.07) is 11.0. The van der Waals surface area contributed by atoms with Crippen LogP contribution in [-0.4, -0.2) is 0 Å². The molecule has 0 bridgehead atoms. The molecule has 0 aliphatic heterocycles. The number of hydrogen-bond donors (Lipinski definition) is 1. The Balaban J connectivity index is 2.44. The lowest BCUT2D eigenvalue weighted by Gasteiger charge is -2.10. The molecule has 0 aromatic heterocycles. The van der Waals surface area contributed by atoms with E-state index in [1.54, 1.807) is 30.3 Å². The van der Waals surface area contributed by atoms with Crippen molar-refractivity contribution in [2.75, 3.05) is 5.32 Å². The molecule has 2 aromatic carbocycles. The quantitative estimate of drug-likeness (QED) is 0.862. The number of anilines is 2. The highest BCUT2D eigenvalue weighted by atomic mass is 35.5. The minimum absolute atomic E-state index is 0.0615. The third-order valence-corrected chi connectivity index (χ3v) is 2.89. The fraction of sp³-hybridized carbons (Fsp3) is 0. The van der Waals surface area contributed by atoms with Crippen molar-refractivity contribution in [3.8, 4) is 6.07 Å². The number of benzene rings is 2. The Bertz CT molecular complexity index is 635. The molecule has 0 saturated carbocycles. The first-order chi connectivity index (χ1) is 8.61. The van der Waals surface area contributed by atoms with Crippen LogP contribution in [0, 0.1) is 17.1 Å². The zero-order valence-corrected chi connectivity index (χ0v) is 10.6. The first-order valence-electron chi connectivity index (χ1n) is 5.02. The van der Waals surface area contributed by atoms with Gasteiger partial charge in [0.25, 0.3) is 0 Å². The average molecular weight is 281 g/mol. The van der Waals surface area contributed by atoms with E-state index in [0.29, 0.717) is 21.4 Å². The summed E-state index contributed by atoms with van der Waals surface area (Å²) in [5.41, 5.74) is 0.807. The summed E-state index contributed by atoms with van der Waals surface area (Å²) in [6.45, 7) is 0. The molecule has 0 aliphatic rings. The Hall–Kier alpha value is -1.76. The lowest BCUT2D eigenvalue weighted by molar-refractivity contribution is 0.624. The predicted molar refractivity (Wildman–Crippen MR) is 70.9 cm³/mol. The smallest absolute Gasteiger partial charge is 0.143 e. The molecule has 0 aliphatic carbocycles. The molecular weight excluding hydrogens is 274 g/mol. The highest BCUT2D eigenvalue weighted by Gasteiger charge is 2.09. The van der Waals surface area contributed by atoms with E-state index in [1.807, 2.05) is 0 Å². The summed E-state index contributed by atoms with van der Waals surface area (Å²) in [7, 11) is 0. The van der Waals surface area contributed by atoms with Gasteiger partial charge in [0.15, 0.2) is 0 Å². The molecule has 2 rings (SSSR count). The molecule has 18 heavy (non-hydrogen) atoms. The van der Waals surface area contributed by atoms with E-state index >= 15 is 0 Å². The molecule has 0 radical (unpaired) electrons. The summed E-state index contributed by atoms with van der Waals surface area (Å²) >= 11 is 11.8. The lowest BCUT2D eigenvalue weighted by atomic mass is 10.1. The number of nitrogens with one attached hydrogen (secondary N) is 1. The van der Waals surface area contributed by atoms with E-state index in [0.717, 1.165) is 0 Å². The third kappa shape index (κ3) is 2.56. The highest BCUT2D eigenvalue weighted by Crippen LogP contribution is 2.30. The molecule has 0 unspecified atom stereocenters. The van der Waals surface area contributed by atoms with Gasteiger partial charge in [-0.05, 0) is 30.3 Å². The summed E-state index contributed by atoms with van der Waals surface area (Å²) in [5, 5.41) is 12.7. The van der Waals surface area contributed by atoms with Crippen LogP contribution in [0.1, 0.15) is 5.56 Å². The maximum Gasteiger partial charge on any atom is 0.143 e. The second-order valence-electron chi connectivity index (χ2n) is 3.52. The Morgan fingerprint density at radius 1 is 1.11 bits per heavy atom. The van der Waals surface area contributed by atoms with E-state index in [4.69, 9.17) is 28.5 Å². The van der Waals surface area contributed by atoms with E-state index in [2.05, 4.69) is 5.32 Å². The molecule has 5 heteroatoms. The van der Waals surface area contributed by atoms with Gasteiger partial charge in [0.05, 0.1) is 16.4 Å². The Kier molecular flexibility index (Phi) is 3.71. The van der Waals surface area contributed by atoms with Gasteiger partial charge >= 0.3 is 0 Å². The third-order valence-electron chi connectivity index (χ3n) is 2.32. The van der Waals surface area contributed by atoms with Crippen LogP contribution in [0.15, 0.2) is 36.4 Å². The molecular formula is C13H7Cl2FN2. The minimum Gasteiger partial charge on any atom is -0.353 e. The fourth-order valence-electron chi connectivity index (χ4n) is 1.48. The van der Waals surface area contributed by atoms with E-state index in [-0.39, 0.29) is 5.56 Å². The van der Waals surface area contributed by atoms with Crippen molar-refractivity contribution in [1.82, 2.24) is 0 Å². The van der Waals surface area contributed by atoms with Crippen LogP contribution >= 0.6 is 23.2 Å². The van der Waals surface area contributed by atoms with Crippen LogP contribution < -0.4 is 5.32 Å². The van der Waals surface area contributed by atoms with Gasteiger partial charge in [-0.3, -0.25) is 0 Å². The van der Waals surface area contributed by atoms with Gasteiger partial charge in [-0.15, -0.1) is 0 Å². The van der Waals surface area contributed by atoms with Gasteiger partial charge in [0.1, 0.15) is 17.4 Å². The zero-order valence-electron chi connectivity index (χ0n) is 9.05. The molecule has 90 valence electrons. The average Bonchev–Trinajstić information content (AvgIpc) is 2.34. The van der Waals surface area contributed by atoms with Gasteiger partial charge in [-0.1, -0.05) is 29.3 Å². The number of nitrogens with zero attached hydrogens (tertiary/aromatic N) is 1. The second kappa shape index (κ2) is 5.26. The van der Waals surface area contributed by atoms with Gasteiger partial charge in [0.2, 0.25) is 0 Å². The number of halogens is 3. The monoisotopic (exact) mass is 280 g/mol. The largest absolute Gasteiger partial charge is 0.353 e. The van der Waals surface area contributed by atoms with Crippen molar-refractivity contribution >= 4 is 34.6 Å². The molecule has 2 aromatic rings. The Morgan fingerprint density at radius 2 is 1.89 bits per heavy atom. The maximum atomic E-state index is 13.4. The first-order valence-corrected chi connectivity index (χ1v) is 5.78. The first kappa shape index (κ1) is 12.7. The summed E-state index contributed by atoms with van der Waals surface area (Å²) < 4.78 is 13.4. The molecule has 0 saturated heterocycles. The van der Waals surface area contributed by atoms with Crippen LogP contribution in [0.25, 0.3) is 0 Å². The van der Waals surface area contributed by atoms with Crippen LogP contribution in [0.3, 0.4) is 0 Å². The van der Waals surface area contributed by atoms with Crippen molar-refractivity contribution in [3.63, 3.8) is 0 Å². The van der Waals surface area contributed by atoms with Crippen molar-refractivity contribution in [2.45, 2.75) is 0 Å². The standard InChI is InChI=1S/C13H7Cl2FN2/c14-8-4-5-10(15)13(6-8)18-12-3-1-2-11(16)9(12)7-17/h1-6,18H. The normalized spacial score (nSPS) is 9.89. The molecule has 0 spiro atoms. The van der Waals surface area contributed by atoms with Crippen LogP contribution in [0.5, 0.6) is 0 Å². The molecule has 0 amide bonds. The van der Waals surface area contributed by atoms with Gasteiger partial charge in [0, 0.05) is 5.02 Å². The number of nitriles is 1. The fourth-order valence-corrected chi connectivity index (χ4v) is 1.82. The van der Waals surface area contributed by atoms with Crippen molar-refractivity contribution < 1.29 is 4.39 Å². The molecule has 0 atom stereocenters. The van der Waals surface area contributed by atoms with Gasteiger partial charge in [-0.2, -0.15) is 5.26 Å². The van der Waals surface area contributed by atoms with E-state index in [9.17, 15) is 4.39 Å². The van der Waals surface area contributed by atoms with Crippen molar-refractivity contribution in [3.05, 3.63) is 57.8 Å². The van der Waals surface area contributed by atoms with Crippen LogP contribution in [0.4, 0.5) is 15.8 Å². The lowest BCUT2D eigenvalue weighted by Crippen LogP contribution is -1.96. The van der Waals surface area contributed by atoms with Crippen LogP contribution in [0.2, 0.25) is 10.0 Å².